The summed E-state index contributed by atoms with van der Waals surface area (Å²) >= 11 is 0. The molecule has 3 atom stereocenters. The third-order valence-electron chi connectivity index (χ3n) is 10.6. The smallest absolute Gasteiger partial charge is 0.327 e. The van der Waals surface area contributed by atoms with Crippen LogP contribution in [0.1, 0.15) is 32.3 Å². The molecule has 8 rings (SSSR count). The monoisotopic (exact) mass is 715 g/mol. The molecule has 2 amide bonds. The molecule has 1 aliphatic carbocycles. The van der Waals surface area contributed by atoms with Crippen LogP contribution in [0.25, 0.3) is 0 Å². The van der Waals surface area contributed by atoms with Gasteiger partial charge in [0, 0.05) is 66.8 Å². The highest BCUT2D eigenvalue weighted by Gasteiger charge is 2.57. The van der Waals surface area contributed by atoms with Gasteiger partial charge in [-0.05, 0) is 81.3 Å². The van der Waals surface area contributed by atoms with Crippen molar-refractivity contribution >= 4 is 23.1 Å². The number of anilines is 3. The van der Waals surface area contributed by atoms with E-state index in [9.17, 15) is 18.7 Å². The van der Waals surface area contributed by atoms with Crippen LogP contribution in [0, 0.1) is 17.6 Å². The summed E-state index contributed by atoms with van der Waals surface area (Å²) in [6.45, 7) is 7.78. The number of carbonyl (C=O) groups excluding carboxylic acids is 1. The number of amides is 2. The lowest BCUT2D eigenvalue weighted by molar-refractivity contribution is -0.117. The molecular formula is C38H43F2N7O5. The van der Waals surface area contributed by atoms with Crippen LogP contribution in [-0.4, -0.2) is 94.8 Å². The number of urea groups is 1. The average molecular weight is 716 g/mol. The Bertz CT molecular complexity index is 1870. The van der Waals surface area contributed by atoms with Crippen LogP contribution < -0.4 is 19.4 Å². The van der Waals surface area contributed by atoms with Gasteiger partial charge in [0.25, 0.3) is 0 Å². The van der Waals surface area contributed by atoms with Crippen molar-refractivity contribution in [3.8, 4) is 5.75 Å². The van der Waals surface area contributed by atoms with E-state index in [2.05, 4.69) is 32.0 Å². The highest BCUT2D eigenvalue weighted by atomic mass is 19.1. The highest BCUT2D eigenvalue weighted by Crippen LogP contribution is 2.47. The van der Waals surface area contributed by atoms with Crippen LogP contribution in [0.3, 0.4) is 0 Å². The lowest BCUT2D eigenvalue weighted by atomic mass is 9.94. The van der Waals surface area contributed by atoms with Gasteiger partial charge in [0.15, 0.2) is 12.0 Å². The van der Waals surface area contributed by atoms with E-state index in [1.807, 2.05) is 50.2 Å². The van der Waals surface area contributed by atoms with Gasteiger partial charge in [-0.1, -0.05) is 6.07 Å². The van der Waals surface area contributed by atoms with Crippen molar-refractivity contribution in [2.75, 3.05) is 60.6 Å². The van der Waals surface area contributed by atoms with Crippen LogP contribution in [0.5, 0.6) is 5.75 Å². The fraction of sp³-hybridized carbons (Fsp3) is 0.447. The molecule has 0 spiro atoms. The topological polar surface area (TPSA) is 109 Å². The van der Waals surface area contributed by atoms with E-state index >= 15 is 0 Å². The van der Waals surface area contributed by atoms with Gasteiger partial charge in [0.05, 0.1) is 19.7 Å². The number of β-amino-alcohol motifs (C(OH)–C–C–N with tert-alkyl or cyclic N) is 1. The largest absolute Gasteiger partial charge is 0.488 e. The van der Waals surface area contributed by atoms with E-state index in [-0.39, 0.29) is 43.3 Å². The first kappa shape index (κ1) is 34.3. The number of halogens is 2. The van der Waals surface area contributed by atoms with Crippen molar-refractivity contribution in [2.24, 2.45) is 5.92 Å². The summed E-state index contributed by atoms with van der Waals surface area (Å²) in [5.74, 6) is -0.618. The molecule has 274 valence electrons. The van der Waals surface area contributed by atoms with Gasteiger partial charge in [0.2, 0.25) is 0 Å². The Balaban J connectivity index is 0.843. The normalized spacial score (nSPS) is 25.1. The predicted molar refractivity (Wildman–Crippen MR) is 189 cm³/mol. The maximum absolute atomic E-state index is 14.9. The first-order valence-corrected chi connectivity index (χ1v) is 17.9. The second kappa shape index (κ2) is 13.6. The first-order valence-electron chi connectivity index (χ1n) is 17.9. The lowest BCUT2D eigenvalue weighted by Gasteiger charge is -2.37. The average Bonchev–Trinajstić information content (AvgIpc) is 3.64. The van der Waals surface area contributed by atoms with Crippen LogP contribution in [0.2, 0.25) is 0 Å². The van der Waals surface area contributed by atoms with Crippen molar-refractivity contribution in [1.82, 2.24) is 19.7 Å². The van der Waals surface area contributed by atoms with Crippen molar-refractivity contribution in [3.05, 3.63) is 96.6 Å². The van der Waals surface area contributed by atoms with Gasteiger partial charge < -0.3 is 29.1 Å². The zero-order chi connectivity index (χ0) is 36.0. The molecule has 3 aliphatic heterocycles. The summed E-state index contributed by atoms with van der Waals surface area (Å²) in [7, 11) is 0. The van der Waals surface area contributed by atoms with Crippen LogP contribution in [0.4, 0.5) is 30.6 Å². The summed E-state index contributed by atoms with van der Waals surface area (Å²) < 4.78 is 48.3. The second-order valence-electron chi connectivity index (χ2n) is 14.4. The minimum Gasteiger partial charge on any atom is -0.488 e. The van der Waals surface area contributed by atoms with E-state index in [4.69, 9.17) is 14.2 Å². The van der Waals surface area contributed by atoms with Crippen molar-refractivity contribution in [2.45, 2.75) is 56.9 Å². The fourth-order valence-electron chi connectivity index (χ4n) is 7.77. The van der Waals surface area contributed by atoms with Crippen LogP contribution >= 0.6 is 0 Å². The molecular weight excluding hydrogens is 672 g/mol. The summed E-state index contributed by atoms with van der Waals surface area (Å²) in [6.07, 6.45) is 4.00. The molecule has 4 heterocycles. The molecule has 1 aromatic heterocycles. The number of hydrogen-bond donors (Lipinski definition) is 1. The Morgan fingerprint density at radius 1 is 0.942 bits per heavy atom. The zero-order valence-electron chi connectivity index (χ0n) is 29.3. The summed E-state index contributed by atoms with van der Waals surface area (Å²) in [5, 5.41) is 15.6. The van der Waals surface area contributed by atoms with E-state index < -0.39 is 29.3 Å². The molecule has 3 aromatic carbocycles. The van der Waals surface area contributed by atoms with Crippen molar-refractivity contribution < 1.29 is 32.9 Å². The summed E-state index contributed by atoms with van der Waals surface area (Å²) in [5.41, 5.74) is 0.812. The SMILES string of the molecule is CC(C)N1C(=O)N(c2ccc(N3CCN(c4ccc(OC[C@H]5OC[C@](Cn6cncn6)(c6ccc(F)cc6F)O5)cc4)CC3)cc2)CC1(O)C1CC1. The van der Waals surface area contributed by atoms with Crippen LogP contribution in [-0.2, 0) is 21.6 Å². The number of rotatable bonds is 11. The number of aliphatic hydroxyl groups is 1. The molecule has 4 aromatic rings. The fourth-order valence-corrected chi connectivity index (χ4v) is 7.77. The molecule has 4 fully saturated rings. The molecule has 1 N–H and O–H groups in total. The van der Waals surface area contributed by atoms with E-state index in [0.717, 1.165) is 62.1 Å². The number of piperazine rings is 1. The second-order valence-corrected chi connectivity index (χ2v) is 14.4. The van der Waals surface area contributed by atoms with E-state index in [1.54, 1.807) is 9.80 Å². The molecule has 1 saturated carbocycles. The van der Waals surface area contributed by atoms with Gasteiger partial charge in [-0.15, -0.1) is 0 Å². The number of benzene rings is 3. The molecule has 0 bridgehead atoms. The van der Waals surface area contributed by atoms with Crippen LogP contribution in [0.15, 0.2) is 79.4 Å². The van der Waals surface area contributed by atoms with Crippen molar-refractivity contribution in [3.63, 3.8) is 0 Å². The summed E-state index contributed by atoms with van der Waals surface area (Å²) in [6, 6.07) is 19.1. The van der Waals surface area contributed by atoms with Gasteiger partial charge >= 0.3 is 6.03 Å². The van der Waals surface area contributed by atoms with Gasteiger partial charge in [-0.25, -0.2) is 23.2 Å². The quantitative estimate of drug-likeness (QED) is 0.230. The minimum atomic E-state index is -1.24. The Labute approximate surface area is 301 Å². The third-order valence-corrected chi connectivity index (χ3v) is 10.6. The standard InChI is InChI=1S/C38H43F2N7O5/c1-26(2)47-36(48)46(22-38(47,49)27-3-4-27)31-8-6-29(7-9-31)43-15-17-44(18-16-43)30-10-12-32(13-11-30)50-20-35-51-23-37(52-35,21-45-25-41-24-42-45)33-14-5-28(39)19-34(33)40/h5-14,19,24-27,35,49H,3-4,15-18,20-23H2,1-2H3/t35-,37+,38?/m0/s1. The highest BCUT2D eigenvalue weighted by molar-refractivity contribution is 5.95. The summed E-state index contributed by atoms with van der Waals surface area (Å²) in [4.78, 5) is 25.3. The number of aromatic nitrogens is 3. The van der Waals surface area contributed by atoms with E-state index in [1.165, 1.54) is 29.5 Å². The molecule has 3 saturated heterocycles. The Kier molecular flexibility index (Phi) is 9.00. The van der Waals surface area contributed by atoms with Gasteiger partial charge in [-0.2, -0.15) is 5.10 Å². The lowest BCUT2D eigenvalue weighted by Crippen LogP contribution is -2.52. The molecule has 0 radical (unpaired) electrons. The van der Waals surface area contributed by atoms with E-state index in [0.29, 0.717) is 12.3 Å². The maximum Gasteiger partial charge on any atom is 0.327 e. The molecule has 1 unspecified atom stereocenters. The predicted octanol–water partition coefficient (Wildman–Crippen LogP) is 4.98. The Hall–Kier alpha value is -4.79. The number of nitrogens with zero attached hydrogens (tertiary/aromatic N) is 7. The van der Waals surface area contributed by atoms with Crippen molar-refractivity contribution in [1.29, 1.82) is 0 Å². The first-order chi connectivity index (χ1) is 25.1. The molecule has 4 aliphatic rings. The Morgan fingerprint density at radius 3 is 2.19 bits per heavy atom. The molecule has 52 heavy (non-hydrogen) atoms. The maximum atomic E-state index is 14.9. The third kappa shape index (κ3) is 6.54. The van der Waals surface area contributed by atoms with Gasteiger partial charge in [0.1, 0.15) is 42.2 Å². The number of ether oxygens (including phenoxy) is 3. The minimum absolute atomic E-state index is 0.0262. The number of carbonyl (C=O) groups is 1. The zero-order valence-corrected chi connectivity index (χ0v) is 29.3. The molecule has 14 heteroatoms. The number of hydrogen-bond acceptors (Lipinski definition) is 9. The Morgan fingerprint density at radius 2 is 1.60 bits per heavy atom. The molecule has 12 nitrogen and oxygen atoms in total. The van der Waals surface area contributed by atoms with Gasteiger partial charge in [-0.3, -0.25) is 9.80 Å².